The fraction of sp³-hybridized carbons (Fsp3) is 0.467. The molecule has 0 radical (unpaired) electrons. The van der Waals surface area contributed by atoms with Crippen LogP contribution < -0.4 is 0 Å². The second-order valence-corrected chi connectivity index (χ2v) is 4.03. The summed E-state index contributed by atoms with van der Waals surface area (Å²) in [6.45, 7) is 2.01. The first-order chi connectivity index (χ1) is 9.10. The third-order valence-corrected chi connectivity index (χ3v) is 2.34. The molecule has 19 heavy (non-hydrogen) atoms. The fourth-order valence-corrected chi connectivity index (χ4v) is 1.29. The van der Waals surface area contributed by atoms with E-state index in [4.69, 9.17) is 0 Å². The minimum absolute atomic E-state index is 0.104. The van der Waals surface area contributed by atoms with E-state index < -0.39 is 6.10 Å². The number of esters is 1. The van der Waals surface area contributed by atoms with Gasteiger partial charge in [0.2, 0.25) is 0 Å². The Kier molecular flexibility index (Phi) is 10.4. The van der Waals surface area contributed by atoms with E-state index in [0.717, 1.165) is 12.8 Å². The van der Waals surface area contributed by atoms with Crippen molar-refractivity contribution in [3.05, 3.63) is 36.5 Å². The summed E-state index contributed by atoms with van der Waals surface area (Å²) in [7, 11) is 1.30. The lowest BCUT2D eigenvalue weighted by Gasteiger charge is -1.99. The second kappa shape index (κ2) is 11.4. The molecule has 1 N–H and O–H groups in total. The molecule has 0 saturated heterocycles. The molecule has 1 unspecified atom stereocenters. The molecule has 0 rings (SSSR count). The molecular weight excluding hydrogens is 244 g/mol. The number of methoxy groups -OCH3 is 1. The van der Waals surface area contributed by atoms with E-state index in [-0.39, 0.29) is 24.6 Å². The molecule has 0 bridgehead atoms. The summed E-state index contributed by atoms with van der Waals surface area (Å²) >= 11 is 0. The van der Waals surface area contributed by atoms with E-state index in [1.807, 2.05) is 6.92 Å². The fourth-order valence-electron chi connectivity index (χ4n) is 1.29. The van der Waals surface area contributed by atoms with Gasteiger partial charge in [0.05, 0.1) is 19.6 Å². The first-order valence-electron chi connectivity index (χ1n) is 6.39. The molecule has 0 fully saturated rings. The van der Waals surface area contributed by atoms with Crippen molar-refractivity contribution in [1.29, 1.82) is 0 Å². The van der Waals surface area contributed by atoms with E-state index in [1.54, 1.807) is 30.4 Å². The summed E-state index contributed by atoms with van der Waals surface area (Å²) in [5, 5.41) is 9.40. The Labute approximate surface area is 114 Å². The van der Waals surface area contributed by atoms with Crippen LogP contribution in [0.1, 0.15) is 32.6 Å². The highest BCUT2D eigenvalue weighted by Crippen LogP contribution is 1.98. The Morgan fingerprint density at radius 3 is 2.47 bits per heavy atom. The van der Waals surface area contributed by atoms with Crippen LogP contribution in [0.4, 0.5) is 0 Å². The molecule has 0 aromatic carbocycles. The van der Waals surface area contributed by atoms with Gasteiger partial charge in [-0.05, 0) is 12.5 Å². The Hall–Kier alpha value is -1.68. The number of carbonyl (C=O) groups is 2. The normalized spacial score (nSPS) is 13.4. The van der Waals surface area contributed by atoms with E-state index in [2.05, 4.69) is 4.74 Å². The number of rotatable bonds is 9. The molecule has 1 atom stereocenters. The molecule has 0 aromatic heterocycles. The minimum atomic E-state index is -0.416. The van der Waals surface area contributed by atoms with Gasteiger partial charge in [-0.25, -0.2) is 0 Å². The molecule has 0 saturated carbocycles. The van der Waals surface area contributed by atoms with Gasteiger partial charge in [0.1, 0.15) is 0 Å². The zero-order chi connectivity index (χ0) is 14.5. The SMILES string of the molecule is CCCC(O)C=CC=CC=CC(=O)CCC(=O)OC. The average molecular weight is 266 g/mol. The van der Waals surface area contributed by atoms with Gasteiger partial charge in [-0.2, -0.15) is 0 Å². The van der Waals surface area contributed by atoms with Gasteiger partial charge in [0.25, 0.3) is 0 Å². The highest BCUT2D eigenvalue weighted by molar-refractivity contribution is 5.91. The third kappa shape index (κ3) is 11.2. The molecule has 4 nitrogen and oxygen atoms in total. The summed E-state index contributed by atoms with van der Waals surface area (Å²) in [5.41, 5.74) is 0. The Bertz CT molecular complexity index is 353. The maximum atomic E-state index is 11.3. The maximum absolute atomic E-state index is 11.3. The monoisotopic (exact) mass is 266 g/mol. The van der Waals surface area contributed by atoms with Crippen molar-refractivity contribution in [2.45, 2.75) is 38.7 Å². The summed E-state index contributed by atoms with van der Waals surface area (Å²) in [6.07, 6.45) is 11.4. The van der Waals surface area contributed by atoms with Crippen molar-refractivity contribution in [2.24, 2.45) is 0 Å². The van der Waals surface area contributed by atoms with Crippen LogP contribution in [0.25, 0.3) is 0 Å². The maximum Gasteiger partial charge on any atom is 0.305 e. The molecule has 4 heteroatoms. The summed E-state index contributed by atoms with van der Waals surface area (Å²) < 4.78 is 4.44. The van der Waals surface area contributed by atoms with Crippen molar-refractivity contribution in [3.63, 3.8) is 0 Å². The Morgan fingerprint density at radius 1 is 1.16 bits per heavy atom. The highest BCUT2D eigenvalue weighted by Gasteiger charge is 2.02. The van der Waals surface area contributed by atoms with Gasteiger partial charge < -0.3 is 9.84 Å². The third-order valence-electron chi connectivity index (χ3n) is 2.34. The first kappa shape index (κ1) is 17.3. The van der Waals surface area contributed by atoms with E-state index in [9.17, 15) is 14.7 Å². The van der Waals surface area contributed by atoms with Crippen LogP contribution in [0, 0.1) is 0 Å². The number of ketones is 1. The van der Waals surface area contributed by atoms with Crippen LogP contribution in [0.5, 0.6) is 0 Å². The van der Waals surface area contributed by atoms with Crippen LogP contribution in [0.3, 0.4) is 0 Å². The lowest BCUT2D eigenvalue weighted by atomic mass is 10.2. The summed E-state index contributed by atoms with van der Waals surface area (Å²) in [4.78, 5) is 22.1. The Morgan fingerprint density at radius 2 is 1.84 bits per heavy atom. The number of ether oxygens (including phenoxy) is 1. The second-order valence-electron chi connectivity index (χ2n) is 4.03. The molecule has 0 aromatic rings. The lowest BCUT2D eigenvalue weighted by molar-refractivity contribution is -0.141. The molecule has 0 aliphatic rings. The van der Waals surface area contributed by atoms with Crippen LogP contribution in [0.2, 0.25) is 0 Å². The van der Waals surface area contributed by atoms with Crippen molar-refractivity contribution >= 4 is 11.8 Å². The van der Waals surface area contributed by atoms with Crippen LogP contribution in [0.15, 0.2) is 36.5 Å². The zero-order valence-corrected chi connectivity index (χ0v) is 11.5. The molecule has 0 aliphatic heterocycles. The predicted molar refractivity (Wildman–Crippen MR) is 74.6 cm³/mol. The van der Waals surface area contributed by atoms with E-state index in [0.29, 0.717) is 0 Å². The summed E-state index contributed by atoms with van der Waals surface area (Å²) in [6, 6.07) is 0. The molecule has 0 spiro atoms. The number of aliphatic hydroxyl groups is 1. The molecule has 106 valence electrons. The molecule has 0 aliphatic carbocycles. The topological polar surface area (TPSA) is 63.6 Å². The van der Waals surface area contributed by atoms with Gasteiger partial charge in [-0.3, -0.25) is 9.59 Å². The number of hydrogen-bond acceptors (Lipinski definition) is 4. The Balaban J connectivity index is 3.88. The van der Waals surface area contributed by atoms with Crippen LogP contribution in [-0.4, -0.2) is 30.1 Å². The summed E-state index contributed by atoms with van der Waals surface area (Å²) in [5.74, 6) is -0.504. The van der Waals surface area contributed by atoms with Gasteiger partial charge >= 0.3 is 5.97 Å². The van der Waals surface area contributed by atoms with Crippen molar-refractivity contribution in [1.82, 2.24) is 0 Å². The smallest absolute Gasteiger partial charge is 0.305 e. The van der Waals surface area contributed by atoms with Gasteiger partial charge in [-0.15, -0.1) is 0 Å². The quantitative estimate of drug-likeness (QED) is 0.395. The van der Waals surface area contributed by atoms with Gasteiger partial charge in [-0.1, -0.05) is 43.7 Å². The molecule has 0 amide bonds. The van der Waals surface area contributed by atoms with E-state index in [1.165, 1.54) is 13.2 Å². The number of hydrogen-bond donors (Lipinski definition) is 1. The van der Waals surface area contributed by atoms with E-state index >= 15 is 0 Å². The average Bonchev–Trinajstić information content (AvgIpc) is 2.40. The minimum Gasteiger partial charge on any atom is -0.469 e. The van der Waals surface area contributed by atoms with Crippen molar-refractivity contribution in [2.75, 3.05) is 7.11 Å². The highest BCUT2D eigenvalue weighted by atomic mass is 16.5. The standard InChI is InChI=1S/C15H22O4/c1-3-8-13(16)9-6-4-5-7-10-14(17)11-12-15(18)19-2/h4-7,9-10,13,16H,3,8,11-12H2,1-2H3. The van der Waals surface area contributed by atoms with Crippen LogP contribution in [-0.2, 0) is 14.3 Å². The zero-order valence-electron chi connectivity index (χ0n) is 11.5. The molecule has 0 heterocycles. The number of carbonyl (C=O) groups excluding carboxylic acids is 2. The lowest BCUT2D eigenvalue weighted by Crippen LogP contribution is -2.03. The van der Waals surface area contributed by atoms with Crippen LogP contribution >= 0.6 is 0 Å². The van der Waals surface area contributed by atoms with Gasteiger partial charge in [0, 0.05) is 6.42 Å². The number of aliphatic hydroxyl groups excluding tert-OH is 1. The predicted octanol–water partition coefficient (Wildman–Crippen LogP) is 2.34. The van der Waals surface area contributed by atoms with Crippen molar-refractivity contribution < 1.29 is 19.4 Å². The largest absolute Gasteiger partial charge is 0.469 e. The van der Waals surface area contributed by atoms with Gasteiger partial charge in [0.15, 0.2) is 5.78 Å². The molecular formula is C15H22O4. The first-order valence-corrected chi connectivity index (χ1v) is 6.39. The van der Waals surface area contributed by atoms with Crippen molar-refractivity contribution in [3.8, 4) is 0 Å². The number of allylic oxidation sites excluding steroid dienone is 5.